The van der Waals surface area contributed by atoms with Gasteiger partial charge in [0.2, 0.25) is 0 Å². The molecule has 1 aliphatic rings. The molecule has 0 spiro atoms. The first-order valence-electron chi connectivity index (χ1n) is 5.43. The van der Waals surface area contributed by atoms with Crippen LogP contribution in [0, 0.1) is 17.8 Å². The Labute approximate surface area is 140 Å². The van der Waals surface area contributed by atoms with E-state index in [9.17, 15) is 4.39 Å². The summed E-state index contributed by atoms with van der Waals surface area (Å²) in [6, 6.07) is 7.89. The van der Waals surface area contributed by atoms with Gasteiger partial charge in [0.05, 0.1) is 0 Å². The Bertz CT molecular complexity index is 303. The van der Waals surface area contributed by atoms with E-state index >= 15 is 0 Å². The molecule has 1 aromatic rings. The minimum absolute atomic E-state index is 0. The largest absolute Gasteiger partial charge is 1.00 e. The monoisotopic (exact) mass is 276 g/mol. The molecule has 1 fully saturated rings. The van der Waals surface area contributed by atoms with E-state index in [-0.39, 0.29) is 64.0 Å². The van der Waals surface area contributed by atoms with E-state index in [0.29, 0.717) is 5.92 Å². The third-order valence-electron chi connectivity index (χ3n) is 3.28. The molecule has 0 radical (unpaired) electrons. The van der Waals surface area contributed by atoms with Gasteiger partial charge in [0.1, 0.15) is 0 Å². The Morgan fingerprint density at radius 3 is 2.53 bits per heavy atom. The maximum Gasteiger partial charge on any atom is 1.00 e. The molecular formula is C13H16FRb. The summed E-state index contributed by atoms with van der Waals surface area (Å²) in [4.78, 5) is 0. The third-order valence-corrected chi connectivity index (χ3v) is 3.28. The Kier molecular flexibility index (Phi) is 6.20. The van der Waals surface area contributed by atoms with Crippen molar-refractivity contribution >= 4 is 0 Å². The van der Waals surface area contributed by atoms with Crippen molar-refractivity contribution in [2.75, 3.05) is 0 Å². The Morgan fingerprint density at radius 2 is 1.93 bits per heavy atom. The van der Waals surface area contributed by atoms with Crippen molar-refractivity contribution in [1.29, 1.82) is 0 Å². The number of benzene rings is 1. The number of hydrogen-bond acceptors (Lipinski definition) is 0. The second-order valence-corrected chi connectivity index (χ2v) is 4.43. The molecule has 2 rings (SSSR count). The summed E-state index contributed by atoms with van der Waals surface area (Å²) >= 11 is 0. The van der Waals surface area contributed by atoms with Crippen LogP contribution in [0.3, 0.4) is 0 Å². The van der Waals surface area contributed by atoms with Crippen molar-refractivity contribution in [2.24, 2.45) is 5.92 Å². The number of halogens is 1. The van der Waals surface area contributed by atoms with Crippen LogP contribution in [0.2, 0.25) is 0 Å². The second kappa shape index (κ2) is 6.63. The molecule has 0 heterocycles. The van der Waals surface area contributed by atoms with Crippen molar-refractivity contribution in [2.45, 2.75) is 38.5 Å². The Balaban J connectivity index is 0.00000112. The zero-order valence-electron chi connectivity index (χ0n) is 9.59. The van der Waals surface area contributed by atoms with Crippen molar-refractivity contribution in [3.63, 3.8) is 0 Å². The van der Waals surface area contributed by atoms with Crippen LogP contribution in [-0.2, 0) is 0 Å². The van der Waals surface area contributed by atoms with Crippen LogP contribution in [-0.4, -0.2) is 0 Å². The van der Waals surface area contributed by atoms with Gasteiger partial charge in [-0.05, 0) is 24.7 Å². The van der Waals surface area contributed by atoms with Gasteiger partial charge in [-0.25, -0.2) is 4.39 Å². The van der Waals surface area contributed by atoms with Gasteiger partial charge in [-0.3, -0.25) is 0 Å². The van der Waals surface area contributed by atoms with Gasteiger partial charge in [-0.15, -0.1) is 12.1 Å². The van der Waals surface area contributed by atoms with E-state index < -0.39 is 0 Å². The molecule has 0 unspecified atom stereocenters. The molecule has 2 heteroatoms. The van der Waals surface area contributed by atoms with Crippen LogP contribution in [0.1, 0.15) is 44.1 Å². The maximum atomic E-state index is 12.9. The molecule has 1 aliphatic carbocycles. The number of rotatable bonds is 1. The molecule has 0 atom stereocenters. The second-order valence-electron chi connectivity index (χ2n) is 4.43. The molecule has 0 saturated heterocycles. The molecule has 0 bridgehead atoms. The SMILES string of the molecule is CC1CCC(c2cc[c-]c(F)c2)CC1.[Rb+]. The van der Waals surface area contributed by atoms with Crippen LogP contribution in [0.4, 0.5) is 4.39 Å². The van der Waals surface area contributed by atoms with Gasteiger partial charge in [-0.1, -0.05) is 19.8 Å². The molecule has 76 valence electrons. The average Bonchev–Trinajstić information content (AvgIpc) is 2.19. The van der Waals surface area contributed by atoms with E-state index in [1.165, 1.54) is 25.7 Å². The van der Waals surface area contributed by atoms with Gasteiger partial charge >= 0.3 is 58.2 Å². The molecule has 15 heavy (non-hydrogen) atoms. The smallest absolute Gasteiger partial charge is 0.236 e. The summed E-state index contributed by atoms with van der Waals surface area (Å²) in [5.41, 5.74) is 1.16. The molecule has 0 aliphatic heterocycles. The fraction of sp³-hybridized carbons (Fsp3) is 0.538. The predicted molar refractivity (Wildman–Crippen MR) is 55.6 cm³/mol. The Morgan fingerprint density at radius 1 is 1.27 bits per heavy atom. The first-order valence-corrected chi connectivity index (χ1v) is 5.43. The van der Waals surface area contributed by atoms with Crippen LogP contribution in [0.25, 0.3) is 0 Å². The first kappa shape index (κ1) is 14.0. The molecule has 0 aromatic heterocycles. The average molecular weight is 277 g/mol. The normalized spacial score (nSPS) is 25.7. The molecule has 0 amide bonds. The molecular weight excluding hydrogens is 261 g/mol. The minimum Gasteiger partial charge on any atom is -0.236 e. The first-order chi connectivity index (χ1) is 6.75. The van der Waals surface area contributed by atoms with Crippen molar-refractivity contribution in [3.8, 4) is 0 Å². The molecule has 0 nitrogen and oxygen atoms in total. The summed E-state index contributed by atoms with van der Waals surface area (Å²) in [7, 11) is 0. The van der Waals surface area contributed by atoms with Crippen molar-refractivity contribution in [3.05, 3.63) is 35.6 Å². The molecule has 1 aromatic carbocycles. The van der Waals surface area contributed by atoms with Crippen LogP contribution < -0.4 is 58.2 Å². The predicted octanol–water partition coefficient (Wildman–Crippen LogP) is 0.924. The molecule has 1 saturated carbocycles. The van der Waals surface area contributed by atoms with Gasteiger partial charge in [0.25, 0.3) is 0 Å². The number of hydrogen-bond donors (Lipinski definition) is 0. The van der Waals surface area contributed by atoms with Crippen molar-refractivity contribution in [1.82, 2.24) is 0 Å². The fourth-order valence-electron chi connectivity index (χ4n) is 2.30. The van der Waals surface area contributed by atoms with Crippen LogP contribution >= 0.6 is 0 Å². The van der Waals surface area contributed by atoms with Gasteiger partial charge in [-0.2, -0.15) is 17.7 Å². The summed E-state index contributed by atoms with van der Waals surface area (Å²) in [6.45, 7) is 2.30. The topological polar surface area (TPSA) is 0 Å². The minimum atomic E-state index is -0.221. The standard InChI is InChI=1S/C13H16F.Rb/c1-10-5-7-11(8-6-10)12-3-2-4-13(14)9-12;/h2-3,9-11H,5-8H2,1H3;/q-1;+1. The van der Waals surface area contributed by atoms with E-state index in [1.54, 1.807) is 12.1 Å². The summed E-state index contributed by atoms with van der Waals surface area (Å²) in [5, 5.41) is 0. The molecule has 0 N–H and O–H groups in total. The zero-order chi connectivity index (χ0) is 9.97. The summed E-state index contributed by atoms with van der Waals surface area (Å²) in [5.74, 6) is 1.21. The van der Waals surface area contributed by atoms with E-state index in [0.717, 1.165) is 11.5 Å². The van der Waals surface area contributed by atoms with E-state index in [2.05, 4.69) is 13.0 Å². The maximum absolute atomic E-state index is 12.9. The Hall–Kier alpha value is 0.955. The van der Waals surface area contributed by atoms with Crippen LogP contribution in [0.15, 0.2) is 18.2 Å². The third kappa shape index (κ3) is 4.03. The zero-order valence-corrected chi connectivity index (χ0v) is 14.5. The quantitative estimate of drug-likeness (QED) is 0.670. The van der Waals surface area contributed by atoms with E-state index in [4.69, 9.17) is 0 Å². The fourth-order valence-corrected chi connectivity index (χ4v) is 2.30. The summed E-state index contributed by atoms with van der Waals surface area (Å²) < 4.78 is 12.9. The van der Waals surface area contributed by atoms with Gasteiger partial charge < -0.3 is 0 Å². The summed E-state index contributed by atoms with van der Waals surface area (Å²) in [6.07, 6.45) is 4.99. The van der Waals surface area contributed by atoms with Crippen LogP contribution in [0.5, 0.6) is 0 Å². The van der Waals surface area contributed by atoms with Crippen molar-refractivity contribution < 1.29 is 62.6 Å². The van der Waals surface area contributed by atoms with Gasteiger partial charge in [0, 0.05) is 5.82 Å². The van der Waals surface area contributed by atoms with E-state index in [1.807, 2.05) is 6.07 Å². The van der Waals surface area contributed by atoms with Gasteiger partial charge in [0.15, 0.2) is 0 Å².